The maximum atomic E-state index is 4.42. The van der Waals surface area contributed by atoms with E-state index in [0.29, 0.717) is 5.92 Å². The van der Waals surface area contributed by atoms with Crippen molar-refractivity contribution in [1.82, 2.24) is 25.0 Å². The van der Waals surface area contributed by atoms with Crippen molar-refractivity contribution in [3.63, 3.8) is 0 Å². The highest BCUT2D eigenvalue weighted by Gasteiger charge is 2.28. The summed E-state index contributed by atoms with van der Waals surface area (Å²) in [6.07, 6.45) is 6.12. The Morgan fingerprint density at radius 1 is 1.43 bits per heavy atom. The second-order valence-corrected chi connectivity index (χ2v) is 3.69. The van der Waals surface area contributed by atoms with Crippen LogP contribution in [-0.4, -0.2) is 25.0 Å². The Labute approximate surface area is 81.2 Å². The number of nitrogens with zero attached hydrogens (tertiary/aromatic N) is 4. The lowest BCUT2D eigenvalue weighted by molar-refractivity contribution is 0.802. The van der Waals surface area contributed by atoms with Gasteiger partial charge in [-0.25, -0.2) is 4.98 Å². The van der Waals surface area contributed by atoms with Gasteiger partial charge in [0.05, 0.1) is 18.1 Å². The van der Waals surface area contributed by atoms with Crippen LogP contribution in [0.3, 0.4) is 0 Å². The maximum absolute atomic E-state index is 4.42. The molecular formula is C9H11N5. The van der Waals surface area contributed by atoms with Gasteiger partial charge in [0, 0.05) is 13.0 Å². The van der Waals surface area contributed by atoms with Gasteiger partial charge in [-0.3, -0.25) is 0 Å². The van der Waals surface area contributed by atoms with Crippen LogP contribution >= 0.6 is 0 Å². The van der Waals surface area contributed by atoms with Gasteiger partial charge in [-0.2, -0.15) is 15.4 Å². The van der Waals surface area contributed by atoms with Crippen LogP contribution in [0.1, 0.15) is 24.6 Å². The Morgan fingerprint density at radius 3 is 2.93 bits per heavy atom. The Kier molecular flexibility index (Phi) is 1.47. The van der Waals surface area contributed by atoms with Crippen LogP contribution in [0, 0.1) is 0 Å². The molecule has 0 spiro atoms. The van der Waals surface area contributed by atoms with Crippen molar-refractivity contribution in [2.24, 2.45) is 7.05 Å². The van der Waals surface area contributed by atoms with E-state index < -0.39 is 0 Å². The summed E-state index contributed by atoms with van der Waals surface area (Å²) in [5, 5.41) is 10.4. The molecule has 5 heteroatoms. The van der Waals surface area contributed by atoms with Crippen molar-refractivity contribution >= 4 is 0 Å². The Bertz CT molecular complexity index is 438. The van der Waals surface area contributed by atoms with Gasteiger partial charge in [0.25, 0.3) is 0 Å². The molecule has 0 aliphatic heterocycles. The maximum Gasteiger partial charge on any atom is 0.130 e. The summed E-state index contributed by atoms with van der Waals surface area (Å²) in [6, 6.07) is 0. The normalized spacial score (nSPS) is 16.1. The number of aromatic amines is 1. The van der Waals surface area contributed by atoms with Crippen LogP contribution in [0.2, 0.25) is 0 Å². The first kappa shape index (κ1) is 7.73. The van der Waals surface area contributed by atoms with Gasteiger partial charge in [-0.15, -0.1) is 0 Å². The minimum absolute atomic E-state index is 0.667. The molecule has 0 radical (unpaired) electrons. The Morgan fingerprint density at radius 2 is 2.29 bits per heavy atom. The van der Waals surface area contributed by atoms with E-state index in [2.05, 4.69) is 25.0 Å². The van der Waals surface area contributed by atoms with Crippen molar-refractivity contribution in [1.29, 1.82) is 0 Å². The first-order chi connectivity index (χ1) is 6.86. The molecular weight excluding hydrogens is 178 g/mol. The van der Waals surface area contributed by atoms with E-state index in [0.717, 1.165) is 11.4 Å². The molecule has 2 aromatic rings. The third kappa shape index (κ3) is 1.05. The first-order valence-electron chi connectivity index (χ1n) is 4.74. The highest BCUT2D eigenvalue weighted by atomic mass is 15.3. The topological polar surface area (TPSA) is 59.4 Å². The summed E-state index contributed by atoms with van der Waals surface area (Å²) < 4.78 is 2.11. The Hall–Kier alpha value is -1.65. The molecule has 0 unspecified atom stereocenters. The highest BCUT2D eigenvalue weighted by Crippen LogP contribution is 2.39. The highest BCUT2D eigenvalue weighted by molar-refractivity contribution is 5.52. The largest absolute Gasteiger partial charge is 0.330 e. The van der Waals surface area contributed by atoms with Crippen LogP contribution < -0.4 is 0 Å². The van der Waals surface area contributed by atoms with E-state index in [1.54, 1.807) is 6.20 Å². The molecule has 1 saturated carbocycles. The lowest BCUT2D eigenvalue weighted by atomic mass is 10.3. The summed E-state index contributed by atoms with van der Waals surface area (Å²) in [4.78, 5) is 4.42. The van der Waals surface area contributed by atoms with Crippen LogP contribution in [0.25, 0.3) is 11.4 Å². The summed E-state index contributed by atoms with van der Waals surface area (Å²) in [6.45, 7) is 0. The predicted octanol–water partition coefficient (Wildman–Crippen LogP) is 1.08. The average molecular weight is 189 g/mol. The molecule has 2 heterocycles. The second kappa shape index (κ2) is 2.67. The number of H-pyrrole nitrogens is 1. The predicted molar refractivity (Wildman–Crippen MR) is 50.6 cm³/mol. The third-order valence-electron chi connectivity index (χ3n) is 2.64. The zero-order chi connectivity index (χ0) is 9.54. The molecule has 5 nitrogen and oxygen atoms in total. The molecule has 1 aliphatic rings. The number of hydrogen-bond donors (Lipinski definition) is 1. The van der Waals surface area contributed by atoms with Crippen LogP contribution in [-0.2, 0) is 7.05 Å². The van der Waals surface area contributed by atoms with Gasteiger partial charge in [0.2, 0.25) is 0 Å². The van der Waals surface area contributed by atoms with Gasteiger partial charge in [0.1, 0.15) is 11.5 Å². The van der Waals surface area contributed by atoms with E-state index in [9.17, 15) is 0 Å². The number of imidazole rings is 1. The fourth-order valence-electron chi connectivity index (χ4n) is 1.71. The van der Waals surface area contributed by atoms with Crippen molar-refractivity contribution in [2.75, 3.05) is 0 Å². The number of rotatable bonds is 2. The summed E-state index contributed by atoms with van der Waals surface area (Å²) in [5.41, 5.74) is 1.88. The van der Waals surface area contributed by atoms with Crippen molar-refractivity contribution in [2.45, 2.75) is 18.8 Å². The molecule has 0 aromatic carbocycles. The summed E-state index contributed by atoms with van der Waals surface area (Å²) in [7, 11) is 2.03. The second-order valence-electron chi connectivity index (χ2n) is 3.69. The molecule has 0 bridgehead atoms. The first-order valence-corrected chi connectivity index (χ1v) is 4.74. The lowest BCUT2D eigenvalue weighted by Gasteiger charge is -2.01. The summed E-state index contributed by atoms with van der Waals surface area (Å²) >= 11 is 0. The summed E-state index contributed by atoms with van der Waals surface area (Å²) in [5.74, 6) is 1.84. The average Bonchev–Trinajstić information content (AvgIpc) is 2.76. The molecule has 1 aliphatic carbocycles. The minimum atomic E-state index is 0.667. The SMILES string of the molecule is Cn1c(-c2cn[nH]n2)cnc1C1CC1. The number of nitrogens with one attached hydrogen (secondary N) is 1. The van der Waals surface area contributed by atoms with Crippen molar-refractivity contribution in [3.8, 4) is 11.4 Å². The van der Waals surface area contributed by atoms with E-state index in [1.807, 2.05) is 13.2 Å². The van der Waals surface area contributed by atoms with E-state index in [-0.39, 0.29) is 0 Å². The number of hydrogen-bond acceptors (Lipinski definition) is 3. The zero-order valence-corrected chi connectivity index (χ0v) is 7.94. The van der Waals surface area contributed by atoms with Crippen LogP contribution in [0.4, 0.5) is 0 Å². The van der Waals surface area contributed by atoms with Gasteiger partial charge < -0.3 is 4.57 Å². The van der Waals surface area contributed by atoms with Crippen LogP contribution in [0.15, 0.2) is 12.4 Å². The molecule has 0 amide bonds. The molecule has 72 valence electrons. The standard InChI is InChI=1S/C9H11N5/c1-14-8(7-4-11-13-12-7)5-10-9(14)6-2-3-6/h4-6H,2-3H2,1H3,(H,11,12,13). The van der Waals surface area contributed by atoms with Crippen molar-refractivity contribution in [3.05, 3.63) is 18.2 Å². The van der Waals surface area contributed by atoms with Gasteiger partial charge in [0.15, 0.2) is 0 Å². The van der Waals surface area contributed by atoms with Crippen molar-refractivity contribution < 1.29 is 0 Å². The van der Waals surface area contributed by atoms with Gasteiger partial charge >= 0.3 is 0 Å². The minimum Gasteiger partial charge on any atom is -0.330 e. The van der Waals surface area contributed by atoms with E-state index in [1.165, 1.54) is 18.7 Å². The van der Waals surface area contributed by atoms with E-state index in [4.69, 9.17) is 0 Å². The lowest BCUT2D eigenvalue weighted by Crippen LogP contribution is -1.97. The quantitative estimate of drug-likeness (QED) is 0.769. The third-order valence-corrected chi connectivity index (χ3v) is 2.64. The molecule has 1 fully saturated rings. The fourth-order valence-corrected chi connectivity index (χ4v) is 1.71. The molecule has 1 N–H and O–H groups in total. The molecule has 14 heavy (non-hydrogen) atoms. The molecule has 0 saturated heterocycles. The smallest absolute Gasteiger partial charge is 0.130 e. The zero-order valence-electron chi connectivity index (χ0n) is 7.94. The van der Waals surface area contributed by atoms with Gasteiger partial charge in [-0.05, 0) is 12.8 Å². The monoisotopic (exact) mass is 189 g/mol. The van der Waals surface area contributed by atoms with E-state index >= 15 is 0 Å². The Balaban J connectivity index is 2.06. The molecule has 3 rings (SSSR count). The van der Waals surface area contributed by atoms with Crippen LogP contribution in [0.5, 0.6) is 0 Å². The molecule has 0 atom stereocenters. The fraction of sp³-hybridized carbons (Fsp3) is 0.444. The number of aromatic nitrogens is 5. The molecule has 2 aromatic heterocycles. The van der Waals surface area contributed by atoms with Gasteiger partial charge in [-0.1, -0.05) is 0 Å².